The maximum Gasteiger partial charge on any atom is 0.237 e. The molecular weight excluding hydrogens is 320 g/mol. The zero-order valence-corrected chi connectivity index (χ0v) is 14.4. The monoisotopic (exact) mass is 344 g/mol. The molecule has 0 saturated carbocycles. The molecule has 134 valence electrons. The van der Waals surface area contributed by atoms with Crippen LogP contribution in [0, 0.1) is 0 Å². The van der Waals surface area contributed by atoms with Gasteiger partial charge in [0.2, 0.25) is 5.91 Å². The Bertz CT molecular complexity index is 686. The molecule has 1 amide bonds. The van der Waals surface area contributed by atoms with Crippen molar-refractivity contribution in [3.63, 3.8) is 0 Å². The number of aliphatic hydroxyl groups is 1. The number of aliphatic hydroxyl groups excluding tert-OH is 1. The Morgan fingerprint density at radius 3 is 2.88 bits per heavy atom. The van der Waals surface area contributed by atoms with Crippen LogP contribution in [0.5, 0.6) is 0 Å². The number of ether oxygens (including phenoxy) is 1. The SMILES string of the molecule is CNC(=O)[C@@H]1Cc2ccccc2CN1C[C@@H](O)COCc1ccco1. The van der Waals surface area contributed by atoms with E-state index in [0.29, 0.717) is 26.1 Å². The zero-order chi connectivity index (χ0) is 17.6. The normalized spacial score (nSPS) is 18.6. The van der Waals surface area contributed by atoms with Crippen molar-refractivity contribution in [3.05, 3.63) is 59.5 Å². The van der Waals surface area contributed by atoms with Crippen LogP contribution in [0.15, 0.2) is 47.1 Å². The van der Waals surface area contributed by atoms with Crippen LogP contribution in [0.2, 0.25) is 0 Å². The van der Waals surface area contributed by atoms with Crippen LogP contribution in [0.3, 0.4) is 0 Å². The topological polar surface area (TPSA) is 74.9 Å². The first-order valence-electron chi connectivity index (χ1n) is 8.48. The largest absolute Gasteiger partial charge is 0.467 e. The van der Waals surface area contributed by atoms with Crippen LogP contribution in [-0.4, -0.2) is 48.3 Å². The summed E-state index contributed by atoms with van der Waals surface area (Å²) in [6.07, 6.45) is 1.57. The summed E-state index contributed by atoms with van der Waals surface area (Å²) in [5, 5.41) is 13.0. The molecule has 6 nitrogen and oxygen atoms in total. The number of nitrogens with one attached hydrogen (secondary N) is 1. The molecule has 0 fully saturated rings. The molecule has 0 spiro atoms. The summed E-state index contributed by atoms with van der Waals surface area (Å²) in [4.78, 5) is 14.3. The Balaban J connectivity index is 1.59. The molecule has 2 N–H and O–H groups in total. The number of carbonyl (C=O) groups excluding carboxylic acids is 1. The summed E-state index contributed by atoms with van der Waals surface area (Å²) in [6.45, 7) is 1.54. The quantitative estimate of drug-likeness (QED) is 0.793. The van der Waals surface area contributed by atoms with Crippen molar-refractivity contribution in [1.82, 2.24) is 10.2 Å². The van der Waals surface area contributed by atoms with Gasteiger partial charge in [-0.3, -0.25) is 9.69 Å². The minimum atomic E-state index is -0.674. The Hall–Kier alpha value is -2.15. The van der Waals surface area contributed by atoms with Gasteiger partial charge in [0.05, 0.1) is 25.0 Å². The highest BCUT2D eigenvalue weighted by Gasteiger charge is 2.31. The number of rotatable bonds is 7. The predicted octanol–water partition coefficient (Wildman–Crippen LogP) is 1.33. The summed E-state index contributed by atoms with van der Waals surface area (Å²) in [5.74, 6) is 0.695. The van der Waals surface area contributed by atoms with Gasteiger partial charge in [-0.2, -0.15) is 0 Å². The molecule has 1 aromatic heterocycles. The molecule has 3 rings (SSSR count). The molecule has 6 heteroatoms. The van der Waals surface area contributed by atoms with Crippen molar-refractivity contribution in [2.75, 3.05) is 20.2 Å². The lowest BCUT2D eigenvalue weighted by atomic mass is 9.93. The standard InChI is InChI=1S/C19H24N2O4/c1-20-19(23)18-9-14-5-2-3-6-15(14)10-21(18)11-16(22)12-24-13-17-7-4-8-25-17/h2-8,16,18,22H,9-13H2,1H3,(H,20,23)/t16-,18+/m1/s1. The number of furan rings is 1. The van der Waals surface area contributed by atoms with E-state index in [1.165, 1.54) is 11.1 Å². The highest BCUT2D eigenvalue weighted by molar-refractivity contribution is 5.82. The first kappa shape index (κ1) is 17.7. The van der Waals surface area contributed by atoms with Crippen molar-refractivity contribution in [2.24, 2.45) is 0 Å². The van der Waals surface area contributed by atoms with Crippen molar-refractivity contribution < 1.29 is 19.1 Å². The zero-order valence-electron chi connectivity index (χ0n) is 14.4. The van der Waals surface area contributed by atoms with Crippen LogP contribution in [0.25, 0.3) is 0 Å². The van der Waals surface area contributed by atoms with Crippen molar-refractivity contribution in [3.8, 4) is 0 Å². The lowest BCUT2D eigenvalue weighted by Crippen LogP contribution is -2.52. The molecule has 25 heavy (non-hydrogen) atoms. The summed E-state index contributed by atoms with van der Waals surface area (Å²) in [6, 6.07) is 11.5. The smallest absolute Gasteiger partial charge is 0.237 e. The first-order valence-corrected chi connectivity index (χ1v) is 8.48. The van der Waals surface area contributed by atoms with Crippen LogP contribution in [0.4, 0.5) is 0 Å². The van der Waals surface area contributed by atoms with Gasteiger partial charge in [-0.05, 0) is 29.7 Å². The number of hydrogen-bond acceptors (Lipinski definition) is 5. The summed E-state index contributed by atoms with van der Waals surface area (Å²) < 4.78 is 10.7. The van der Waals surface area contributed by atoms with Gasteiger partial charge < -0.3 is 19.6 Å². The molecular formula is C19H24N2O4. The van der Waals surface area contributed by atoms with Gasteiger partial charge in [0.25, 0.3) is 0 Å². The van der Waals surface area contributed by atoms with E-state index in [2.05, 4.69) is 17.4 Å². The lowest BCUT2D eigenvalue weighted by molar-refractivity contribution is -0.127. The summed E-state index contributed by atoms with van der Waals surface area (Å²) in [7, 11) is 1.64. The molecule has 2 heterocycles. The number of amides is 1. The number of carbonyl (C=O) groups is 1. The molecule has 0 radical (unpaired) electrons. The third kappa shape index (κ3) is 4.48. The number of hydrogen-bond donors (Lipinski definition) is 2. The molecule has 0 aliphatic carbocycles. The predicted molar refractivity (Wildman–Crippen MR) is 92.8 cm³/mol. The third-order valence-electron chi connectivity index (χ3n) is 4.47. The van der Waals surface area contributed by atoms with E-state index in [1.807, 2.05) is 23.1 Å². The van der Waals surface area contributed by atoms with Crippen molar-refractivity contribution >= 4 is 5.91 Å². The van der Waals surface area contributed by atoms with Gasteiger partial charge in [-0.15, -0.1) is 0 Å². The number of nitrogens with zero attached hydrogens (tertiary/aromatic N) is 1. The van der Waals surface area contributed by atoms with Gasteiger partial charge in [0, 0.05) is 20.1 Å². The summed E-state index contributed by atoms with van der Waals surface area (Å²) in [5.41, 5.74) is 2.39. The highest BCUT2D eigenvalue weighted by Crippen LogP contribution is 2.23. The maximum absolute atomic E-state index is 12.3. The molecule has 1 aliphatic rings. The first-order chi connectivity index (χ1) is 12.2. The van der Waals surface area contributed by atoms with E-state index >= 15 is 0 Å². The Morgan fingerprint density at radius 2 is 2.16 bits per heavy atom. The van der Waals surface area contributed by atoms with E-state index in [0.717, 1.165) is 5.76 Å². The van der Waals surface area contributed by atoms with E-state index in [1.54, 1.807) is 19.4 Å². The fourth-order valence-electron chi connectivity index (χ4n) is 3.21. The average Bonchev–Trinajstić information content (AvgIpc) is 3.14. The molecule has 0 unspecified atom stereocenters. The average molecular weight is 344 g/mol. The Labute approximate surface area is 147 Å². The van der Waals surface area contributed by atoms with Gasteiger partial charge in [-0.25, -0.2) is 0 Å². The van der Waals surface area contributed by atoms with Gasteiger partial charge in [0.15, 0.2) is 0 Å². The number of β-amino-alcohol motifs (C(OH)–C–C–N with tert-alkyl or cyclic N) is 1. The second-order valence-corrected chi connectivity index (χ2v) is 6.28. The molecule has 2 atom stereocenters. The summed E-state index contributed by atoms with van der Waals surface area (Å²) >= 11 is 0. The fraction of sp³-hybridized carbons (Fsp3) is 0.421. The van der Waals surface area contributed by atoms with Gasteiger partial charge >= 0.3 is 0 Å². The number of fused-ring (bicyclic) bond motifs is 1. The second-order valence-electron chi connectivity index (χ2n) is 6.28. The maximum atomic E-state index is 12.3. The highest BCUT2D eigenvalue weighted by atomic mass is 16.5. The third-order valence-corrected chi connectivity index (χ3v) is 4.47. The fourth-order valence-corrected chi connectivity index (χ4v) is 3.21. The Morgan fingerprint density at radius 1 is 1.36 bits per heavy atom. The Kier molecular flexibility index (Phi) is 5.86. The minimum absolute atomic E-state index is 0.0294. The van der Waals surface area contributed by atoms with Crippen LogP contribution in [0.1, 0.15) is 16.9 Å². The van der Waals surface area contributed by atoms with E-state index in [9.17, 15) is 9.90 Å². The molecule has 2 aromatic rings. The van der Waals surface area contributed by atoms with Crippen LogP contribution >= 0.6 is 0 Å². The van der Waals surface area contributed by atoms with E-state index in [-0.39, 0.29) is 18.6 Å². The van der Waals surface area contributed by atoms with Crippen LogP contribution in [-0.2, 0) is 29.1 Å². The lowest BCUT2D eigenvalue weighted by Gasteiger charge is -2.36. The van der Waals surface area contributed by atoms with Crippen LogP contribution < -0.4 is 5.32 Å². The molecule has 0 bridgehead atoms. The van der Waals surface area contributed by atoms with Gasteiger partial charge in [0.1, 0.15) is 12.4 Å². The van der Waals surface area contributed by atoms with Crippen molar-refractivity contribution in [2.45, 2.75) is 31.7 Å². The molecule has 0 saturated heterocycles. The van der Waals surface area contributed by atoms with E-state index < -0.39 is 6.10 Å². The van der Waals surface area contributed by atoms with E-state index in [4.69, 9.17) is 9.15 Å². The minimum Gasteiger partial charge on any atom is -0.467 e. The number of likely N-dealkylation sites (N-methyl/N-ethyl adjacent to an activating group) is 1. The molecule has 1 aliphatic heterocycles. The number of benzene rings is 1. The molecule has 1 aromatic carbocycles. The van der Waals surface area contributed by atoms with Gasteiger partial charge in [-0.1, -0.05) is 24.3 Å². The second kappa shape index (κ2) is 8.29. The van der Waals surface area contributed by atoms with Crippen molar-refractivity contribution in [1.29, 1.82) is 0 Å².